The number of nitrogens with zero attached hydrogens (tertiary/aromatic N) is 4. The highest BCUT2D eigenvalue weighted by Gasteiger charge is 2.35. The highest BCUT2D eigenvalue weighted by Crippen LogP contribution is 2.35. The molecule has 1 unspecified atom stereocenters. The minimum atomic E-state index is -0.0229. The van der Waals surface area contributed by atoms with E-state index in [0.717, 1.165) is 34.6 Å². The lowest BCUT2D eigenvalue weighted by molar-refractivity contribution is -0.137. The zero-order chi connectivity index (χ0) is 22.1. The Morgan fingerprint density at radius 1 is 1.16 bits per heavy atom. The van der Waals surface area contributed by atoms with E-state index in [9.17, 15) is 10.1 Å². The molecule has 0 spiro atoms. The van der Waals surface area contributed by atoms with Gasteiger partial charge in [0.05, 0.1) is 37.0 Å². The van der Waals surface area contributed by atoms with Crippen LogP contribution >= 0.6 is 0 Å². The van der Waals surface area contributed by atoms with Gasteiger partial charge in [-0.1, -0.05) is 30.3 Å². The Morgan fingerprint density at radius 3 is 2.72 bits per heavy atom. The second kappa shape index (κ2) is 8.89. The van der Waals surface area contributed by atoms with Crippen molar-refractivity contribution in [2.75, 3.05) is 44.4 Å². The van der Waals surface area contributed by atoms with Gasteiger partial charge in [-0.25, -0.2) is 4.98 Å². The molecular formula is C25H28N4O3. The van der Waals surface area contributed by atoms with Crippen molar-refractivity contribution in [3.05, 3.63) is 47.0 Å². The number of hydrogen-bond acceptors (Lipinski definition) is 6. The Kier molecular flexibility index (Phi) is 5.81. The van der Waals surface area contributed by atoms with E-state index in [1.807, 2.05) is 23.1 Å². The van der Waals surface area contributed by atoms with E-state index < -0.39 is 0 Å². The summed E-state index contributed by atoms with van der Waals surface area (Å²) >= 11 is 0. The maximum atomic E-state index is 13.0. The fourth-order valence-corrected chi connectivity index (χ4v) is 5.06. The quantitative estimate of drug-likeness (QED) is 0.742. The second-order valence-corrected chi connectivity index (χ2v) is 8.78. The smallest absolute Gasteiger partial charge is 0.228 e. The topological polar surface area (TPSA) is 78.7 Å². The number of hydrogen-bond donors (Lipinski definition) is 0. The molecule has 7 heteroatoms. The molecule has 2 saturated heterocycles. The van der Waals surface area contributed by atoms with E-state index in [4.69, 9.17) is 14.5 Å². The largest absolute Gasteiger partial charge is 0.381 e. The average Bonchev–Trinajstić information content (AvgIpc) is 3.38. The SMILES string of the molecule is C[C@@H]1CN(c2nc(-c3ccccc3)c3c(c2C#N)CCOC3)CCN1C(=O)C1CCOC1. The molecule has 5 rings (SSSR count). The summed E-state index contributed by atoms with van der Waals surface area (Å²) in [6.07, 6.45) is 1.52. The first-order chi connectivity index (χ1) is 15.7. The Balaban J connectivity index is 1.48. The molecule has 1 amide bonds. The zero-order valence-electron chi connectivity index (χ0n) is 18.4. The molecule has 32 heavy (non-hydrogen) atoms. The van der Waals surface area contributed by atoms with Crippen LogP contribution < -0.4 is 4.90 Å². The van der Waals surface area contributed by atoms with Crippen molar-refractivity contribution in [3.63, 3.8) is 0 Å². The van der Waals surface area contributed by atoms with Crippen LogP contribution in [0.2, 0.25) is 0 Å². The number of ether oxygens (including phenoxy) is 2. The molecule has 0 aliphatic carbocycles. The third-order valence-corrected chi connectivity index (χ3v) is 6.78. The van der Waals surface area contributed by atoms with Gasteiger partial charge in [0, 0.05) is 43.4 Å². The summed E-state index contributed by atoms with van der Waals surface area (Å²) in [5.41, 5.74) is 4.65. The van der Waals surface area contributed by atoms with Crippen LogP contribution in [0.25, 0.3) is 11.3 Å². The lowest BCUT2D eigenvalue weighted by Gasteiger charge is -2.42. The van der Waals surface area contributed by atoms with Gasteiger partial charge in [-0.3, -0.25) is 4.79 Å². The summed E-state index contributed by atoms with van der Waals surface area (Å²) in [6, 6.07) is 12.6. The summed E-state index contributed by atoms with van der Waals surface area (Å²) < 4.78 is 11.2. The van der Waals surface area contributed by atoms with Crippen LogP contribution in [-0.4, -0.2) is 61.3 Å². The summed E-state index contributed by atoms with van der Waals surface area (Å²) in [5.74, 6) is 0.899. The monoisotopic (exact) mass is 432 g/mol. The van der Waals surface area contributed by atoms with E-state index in [1.54, 1.807) is 0 Å². The number of aromatic nitrogens is 1. The van der Waals surface area contributed by atoms with Gasteiger partial charge in [-0.2, -0.15) is 5.26 Å². The molecule has 3 aliphatic rings. The van der Waals surface area contributed by atoms with Crippen LogP contribution in [0.1, 0.15) is 30.0 Å². The van der Waals surface area contributed by atoms with Crippen LogP contribution in [0, 0.1) is 17.2 Å². The van der Waals surface area contributed by atoms with Gasteiger partial charge in [0.2, 0.25) is 5.91 Å². The number of fused-ring (bicyclic) bond motifs is 1. The molecule has 3 aliphatic heterocycles. The minimum Gasteiger partial charge on any atom is -0.381 e. The Labute approximate surface area is 188 Å². The third-order valence-electron chi connectivity index (χ3n) is 6.78. The Hall–Kier alpha value is -2.95. The predicted octanol–water partition coefficient (Wildman–Crippen LogP) is 2.77. The summed E-state index contributed by atoms with van der Waals surface area (Å²) in [6.45, 7) is 6.31. The maximum Gasteiger partial charge on any atom is 0.228 e. The number of benzene rings is 1. The summed E-state index contributed by atoms with van der Waals surface area (Å²) in [4.78, 5) is 22.1. The van der Waals surface area contributed by atoms with Gasteiger partial charge < -0.3 is 19.3 Å². The van der Waals surface area contributed by atoms with E-state index in [2.05, 4.69) is 30.0 Å². The van der Waals surface area contributed by atoms with Gasteiger partial charge in [-0.05, 0) is 25.3 Å². The van der Waals surface area contributed by atoms with Crippen molar-refractivity contribution >= 4 is 11.7 Å². The first-order valence-electron chi connectivity index (χ1n) is 11.4. The summed E-state index contributed by atoms with van der Waals surface area (Å²) in [5, 5.41) is 10.1. The van der Waals surface area contributed by atoms with Gasteiger partial charge in [0.15, 0.2) is 0 Å². The molecule has 0 bridgehead atoms. The summed E-state index contributed by atoms with van der Waals surface area (Å²) in [7, 11) is 0. The van der Waals surface area contributed by atoms with Gasteiger partial charge in [-0.15, -0.1) is 0 Å². The number of amides is 1. The zero-order valence-corrected chi connectivity index (χ0v) is 18.4. The number of carbonyl (C=O) groups excluding carboxylic acids is 1. The molecule has 2 fully saturated rings. The lowest BCUT2D eigenvalue weighted by Crippen LogP contribution is -2.56. The fraction of sp³-hybridized carbons (Fsp3) is 0.480. The number of carbonyl (C=O) groups is 1. The van der Waals surface area contributed by atoms with E-state index in [0.29, 0.717) is 58.0 Å². The molecule has 0 N–H and O–H groups in total. The van der Waals surface area contributed by atoms with Crippen molar-refractivity contribution in [2.45, 2.75) is 32.4 Å². The first-order valence-corrected chi connectivity index (χ1v) is 11.4. The molecule has 2 aromatic rings. The number of nitriles is 1. The van der Waals surface area contributed by atoms with Crippen LogP contribution in [0.5, 0.6) is 0 Å². The van der Waals surface area contributed by atoms with Crippen molar-refractivity contribution in [2.24, 2.45) is 5.92 Å². The molecule has 0 saturated carbocycles. The highest BCUT2D eigenvalue weighted by atomic mass is 16.5. The van der Waals surface area contributed by atoms with Crippen molar-refractivity contribution in [1.29, 1.82) is 5.26 Å². The fourth-order valence-electron chi connectivity index (χ4n) is 5.06. The minimum absolute atomic E-state index is 0.0229. The first kappa shape index (κ1) is 20.9. The molecule has 0 radical (unpaired) electrons. The molecule has 7 nitrogen and oxygen atoms in total. The second-order valence-electron chi connectivity index (χ2n) is 8.78. The molecule has 4 heterocycles. The molecule has 2 atom stereocenters. The van der Waals surface area contributed by atoms with E-state index in [1.165, 1.54) is 0 Å². The Bertz CT molecular complexity index is 1040. The standard InChI is InChI=1S/C25H28N4O3/c1-17-14-28(9-10-29(17)25(30)19-7-11-31-15-19)24-21(13-26)20-8-12-32-16-22(20)23(27-24)18-5-3-2-4-6-18/h2-6,17,19H,7-12,14-16H2,1H3/t17-,19?/m1/s1. The van der Waals surface area contributed by atoms with Gasteiger partial charge >= 0.3 is 0 Å². The highest BCUT2D eigenvalue weighted by molar-refractivity contribution is 5.80. The van der Waals surface area contributed by atoms with Gasteiger partial charge in [0.1, 0.15) is 11.9 Å². The molecule has 166 valence electrons. The van der Waals surface area contributed by atoms with E-state index in [-0.39, 0.29) is 17.9 Å². The van der Waals surface area contributed by atoms with Crippen molar-refractivity contribution < 1.29 is 14.3 Å². The van der Waals surface area contributed by atoms with Crippen LogP contribution in [0.4, 0.5) is 5.82 Å². The maximum absolute atomic E-state index is 13.0. The van der Waals surface area contributed by atoms with Crippen LogP contribution in [0.3, 0.4) is 0 Å². The van der Waals surface area contributed by atoms with Gasteiger partial charge in [0.25, 0.3) is 0 Å². The number of anilines is 1. The normalized spacial score (nSPS) is 23.0. The van der Waals surface area contributed by atoms with Crippen molar-refractivity contribution in [1.82, 2.24) is 9.88 Å². The number of piperazine rings is 1. The van der Waals surface area contributed by atoms with Crippen LogP contribution in [0.15, 0.2) is 30.3 Å². The van der Waals surface area contributed by atoms with Crippen LogP contribution in [-0.2, 0) is 27.3 Å². The molecule has 1 aromatic heterocycles. The van der Waals surface area contributed by atoms with Crippen molar-refractivity contribution in [3.8, 4) is 17.3 Å². The number of pyridine rings is 1. The molecular weight excluding hydrogens is 404 g/mol. The third kappa shape index (κ3) is 3.74. The predicted molar refractivity (Wildman–Crippen MR) is 120 cm³/mol. The van der Waals surface area contributed by atoms with E-state index >= 15 is 0 Å². The lowest BCUT2D eigenvalue weighted by atomic mass is 9.93. The average molecular weight is 433 g/mol. The number of rotatable bonds is 3. The Morgan fingerprint density at radius 2 is 2.00 bits per heavy atom. The molecule has 1 aromatic carbocycles.